The normalized spacial score (nSPS) is 52.1. The van der Waals surface area contributed by atoms with Crippen molar-refractivity contribution in [1.29, 1.82) is 0 Å². The van der Waals surface area contributed by atoms with Gasteiger partial charge in [0.05, 0.1) is 11.8 Å². The van der Waals surface area contributed by atoms with Gasteiger partial charge in [-0.3, -0.25) is 14.5 Å². The Bertz CT molecular complexity index is 636. The molecule has 5 rings (SSSR count). The van der Waals surface area contributed by atoms with Crippen LogP contribution < -0.4 is 0 Å². The van der Waals surface area contributed by atoms with E-state index in [1.165, 1.54) is 19.3 Å². The lowest BCUT2D eigenvalue weighted by Gasteiger charge is -2.48. The van der Waals surface area contributed by atoms with Crippen LogP contribution in [0.2, 0.25) is 0 Å². The molecule has 27 heavy (non-hydrogen) atoms. The molecule has 10 atom stereocenters. The second-order valence-electron chi connectivity index (χ2n) is 9.81. The van der Waals surface area contributed by atoms with E-state index in [2.05, 4.69) is 18.7 Å². The third kappa shape index (κ3) is 2.53. The van der Waals surface area contributed by atoms with Crippen LogP contribution in [0.5, 0.6) is 0 Å². The summed E-state index contributed by atoms with van der Waals surface area (Å²) >= 11 is 0. The largest absolute Gasteiger partial charge is 0.462 e. The van der Waals surface area contributed by atoms with Gasteiger partial charge in [0.15, 0.2) is 0 Å². The van der Waals surface area contributed by atoms with Crippen LogP contribution in [-0.2, 0) is 19.1 Å². The average Bonchev–Trinajstić information content (AvgIpc) is 3.20. The number of hydrogen-bond donors (Lipinski definition) is 0. The molecular formula is C22H33NO4. The lowest BCUT2D eigenvalue weighted by Crippen LogP contribution is -2.54. The van der Waals surface area contributed by atoms with Gasteiger partial charge in [-0.1, -0.05) is 27.2 Å². The summed E-state index contributed by atoms with van der Waals surface area (Å²) in [7, 11) is 0. The van der Waals surface area contributed by atoms with Gasteiger partial charge in [-0.05, 0) is 50.5 Å². The molecule has 5 fully saturated rings. The van der Waals surface area contributed by atoms with E-state index in [1.807, 2.05) is 6.92 Å². The van der Waals surface area contributed by atoms with Gasteiger partial charge in [0.1, 0.15) is 12.2 Å². The number of carbonyl (C=O) groups excluding carboxylic acids is 2. The molecule has 150 valence electrons. The summed E-state index contributed by atoms with van der Waals surface area (Å²) in [6.45, 7) is 7.44. The zero-order chi connectivity index (χ0) is 18.9. The average molecular weight is 376 g/mol. The van der Waals surface area contributed by atoms with Gasteiger partial charge in [-0.25, -0.2) is 0 Å². The van der Waals surface area contributed by atoms with Crippen LogP contribution in [0.25, 0.3) is 0 Å². The van der Waals surface area contributed by atoms with Gasteiger partial charge < -0.3 is 9.47 Å². The van der Waals surface area contributed by atoms with Crippen LogP contribution in [0.3, 0.4) is 0 Å². The zero-order valence-electron chi connectivity index (χ0n) is 16.8. The van der Waals surface area contributed by atoms with Crippen molar-refractivity contribution < 1.29 is 19.1 Å². The Hall–Kier alpha value is -1.10. The quantitative estimate of drug-likeness (QED) is 0.695. The molecule has 0 aromatic carbocycles. The highest BCUT2D eigenvalue weighted by Gasteiger charge is 2.63. The molecule has 0 bridgehead atoms. The van der Waals surface area contributed by atoms with Crippen molar-refractivity contribution >= 4 is 11.9 Å². The van der Waals surface area contributed by atoms with E-state index >= 15 is 0 Å². The highest BCUT2D eigenvalue weighted by atomic mass is 16.6. The summed E-state index contributed by atoms with van der Waals surface area (Å²) in [5.41, 5.74) is 0. The summed E-state index contributed by atoms with van der Waals surface area (Å²) < 4.78 is 11.8. The minimum atomic E-state index is -0.0294. The number of ether oxygens (including phenoxy) is 2. The van der Waals surface area contributed by atoms with Crippen molar-refractivity contribution in [1.82, 2.24) is 4.90 Å². The maximum atomic E-state index is 12.5. The molecule has 4 aliphatic heterocycles. The standard InChI is InChI=1S/C22H33NO4/c1-4-13-14-7-5-6-8-23-16(17-9-11(2)21(24)26-17)10-15(19(14)23)18-12(3)22(25)27-20(13)18/h11-20H,4-10H2,1-3H3/t11-,12-,13+,14-,15-,16+,17+,18-,19+,20+/m1/s1. The van der Waals surface area contributed by atoms with Crippen molar-refractivity contribution in [2.24, 2.45) is 35.5 Å². The Kier molecular flexibility index (Phi) is 4.30. The van der Waals surface area contributed by atoms with Crippen molar-refractivity contribution in [3.8, 4) is 0 Å². The van der Waals surface area contributed by atoms with Crippen LogP contribution in [0.15, 0.2) is 0 Å². The van der Waals surface area contributed by atoms with Gasteiger partial charge in [-0.2, -0.15) is 0 Å². The van der Waals surface area contributed by atoms with Crippen LogP contribution >= 0.6 is 0 Å². The summed E-state index contributed by atoms with van der Waals surface area (Å²) in [6.07, 6.45) is 6.87. The second-order valence-corrected chi connectivity index (χ2v) is 9.81. The molecule has 0 spiro atoms. The van der Waals surface area contributed by atoms with Crippen molar-refractivity contribution in [2.45, 2.75) is 83.6 Å². The molecule has 1 aliphatic carbocycles. The van der Waals surface area contributed by atoms with E-state index in [0.717, 1.165) is 25.8 Å². The Morgan fingerprint density at radius 2 is 1.85 bits per heavy atom. The van der Waals surface area contributed by atoms with E-state index in [0.29, 0.717) is 35.8 Å². The van der Waals surface area contributed by atoms with Crippen LogP contribution in [0, 0.1) is 35.5 Å². The van der Waals surface area contributed by atoms with E-state index in [9.17, 15) is 9.59 Å². The summed E-state index contributed by atoms with van der Waals surface area (Å²) in [6, 6.07) is 0.865. The van der Waals surface area contributed by atoms with Crippen LogP contribution in [0.4, 0.5) is 0 Å². The van der Waals surface area contributed by atoms with Crippen LogP contribution in [-0.4, -0.2) is 47.7 Å². The minimum Gasteiger partial charge on any atom is -0.462 e. The molecule has 5 nitrogen and oxygen atoms in total. The number of fused-ring (bicyclic) bond motifs is 2. The Labute approximate surface area is 162 Å². The lowest BCUT2D eigenvalue weighted by atomic mass is 9.60. The highest BCUT2D eigenvalue weighted by molar-refractivity contribution is 5.75. The van der Waals surface area contributed by atoms with Gasteiger partial charge in [-0.15, -0.1) is 0 Å². The monoisotopic (exact) mass is 375 g/mol. The maximum Gasteiger partial charge on any atom is 0.309 e. The number of cyclic esters (lactones) is 1. The van der Waals surface area contributed by atoms with Crippen molar-refractivity contribution in [3.05, 3.63) is 0 Å². The SMILES string of the molecule is CC[C@H]1[C@H]2CCCCN3[C@@H]2[C@H](C[C@H]3[C@@H]2C[C@@H](C)C(=O)O2)[C@@H]2[C@H]1OC(=O)[C@@H]2C. The number of rotatable bonds is 2. The Morgan fingerprint density at radius 3 is 2.56 bits per heavy atom. The predicted octanol–water partition coefficient (Wildman–Crippen LogP) is 3.01. The Balaban J connectivity index is 1.51. The highest BCUT2D eigenvalue weighted by Crippen LogP contribution is 2.57. The van der Waals surface area contributed by atoms with Gasteiger partial charge in [0.25, 0.3) is 0 Å². The first-order valence-corrected chi connectivity index (χ1v) is 11.2. The first-order valence-electron chi connectivity index (χ1n) is 11.2. The van der Waals surface area contributed by atoms with E-state index in [1.54, 1.807) is 0 Å². The number of esters is 2. The number of carbonyl (C=O) groups is 2. The van der Waals surface area contributed by atoms with Crippen LogP contribution in [0.1, 0.15) is 59.3 Å². The smallest absolute Gasteiger partial charge is 0.309 e. The molecule has 0 amide bonds. The fourth-order valence-electron chi connectivity index (χ4n) is 7.48. The Morgan fingerprint density at radius 1 is 1.04 bits per heavy atom. The second kappa shape index (κ2) is 6.47. The van der Waals surface area contributed by atoms with Crippen molar-refractivity contribution in [2.75, 3.05) is 6.54 Å². The fraction of sp³-hybridized carbons (Fsp3) is 0.909. The summed E-state index contributed by atoms with van der Waals surface area (Å²) in [4.78, 5) is 27.3. The third-order valence-electron chi connectivity index (χ3n) is 8.61. The topological polar surface area (TPSA) is 55.8 Å². The molecule has 0 N–H and O–H groups in total. The molecule has 1 saturated carbocycles. The lowest BCUT2D eigenvalue weighted by molar-refractivity contribution is -0.148. The van der Waals surface area contributed by atoms with Gasteiger partial charge in [0.2, 0.25) is 0 Å². The molecule has 0 aromatic heterocycles. The third-order valence-corrected chi connectivity index (χ3v) is 8.61. The summed E-state index contributed by atoms with van der Waals surface area (Å²) in [5.74, 6) is 1.94. The fourth-order valence-corrected chi connectivity index (χ4v) is 7.48. The van der Waals surface area contributed by atoms with Crippen molar-refractivity contribution in [3.63, 3.8) is 0 Å². The van der Waals surface area contributed by atoms with E-state index in [4.69, 9.17) is 9.47 Å². The van der Waals surface area contributed by atoms with Gasteiger partial charge >= 0.3 is 11.9 Å². The molecule has 0 unspecified atom stereocenters. The molecule has 0 radical (unpaired) electrons. The number of nitrogens with zero attached hydrogens (tertiary/aromatic N) is 1. The van der Waals surface area contributed by atoms with Gasteiger partial charge in [0, 0.05) is 23.9 Å². The molecule has 4 saturated heterocycles. The minimum absolute atomic E-state index is 0.00362. The molecule has 0 aromatic rings. The molecular weight excluding hydrogens is 342 g/mol. The predicted molar refractivity (Wildman–Crippen MR) is 99.7 cm³/mol. The van der Waals surface area contributed by atoms with E-state index in [-0.39, 0.29) is 36.0 Å². The summed E-state index contributed by atoms with van der Waals surface area (Å²) in [5, 5.41) is 0. The number of hydrogen-bond acceptors (Lipinski definition) is 5. The zero-order valence-corrected chi connectivity index (χ0v) is 16.8. The molecule has 5 aliphatic rings. The molecule has 5 heteroatoms. The van der Waals surface area contributed by atoms with E-state index < -0.39 is 0 Å². The molecule has 4 heterocycles. The first-order chi connectivity index (χ1) is 13.0. The first kappa shape index (κ1) is 18.0. The maximum absolute atomic E-state index is 12.5.